The summed E-state index contributed by atoms with van der Waals surface area (Å²) in [5.41, 5.74) is 7.75. The van der Waals surface area contributed by atoms with Gasteiger partial charge in [-0.3, -0.25) is 4.79 Å². The molecule has 0 aliphatic carbocycles. The van der Waals surface area contributed by atoms with Gasteiger partial charge in [0, 0.05) is 41.9 Å². The van der Waals surface area contributed by atoms with Crippen molar-refractivity contribution in [3.8, 4) is 11.3 Å². The van der Waals surface area contributed by atoms with Gasteiger partial charge in [-0.1, -0.05) is 6.07 Å². The topological polar surface area (TPSA) is 115 Å². The number of pyridine rings is 1. The monoisotopic (exact) mass is 427 g/mol. The minimum Gasteiger partial charge on any atom is -0.389 e. The van der Waals surface area contributed by atoms with Crippen LogP contribution in [0.15, 0.2) is 35.3 Å². The lowest BCUT2D eigenvalue weighted by molar-refractivity contribution is -0.0136. The predicted octanol–water partition coefficient (Wildman–Crippen LogP) is 2.20. The van der Waals surface area contributed by atoms with E-state index in [4.69, 9.17) is 10.5 Å². The first-order valence-electron chi connectivity index (χ1n) is 10.3. The first-order chi connectivity index (χ1) is 14.9. The number of hydrogen-bond acceptors (Lipinski definition) is 7. The van der Waals surface area contributed by atoms with Crippen molar-refractivity contribution in [2.75, 3.05) is 18.5 Å². The van der Waals surface area contributed by atoms with Crippen LogP contribution in [0.5, 0.6) is 0 Å². The third-order valence-electron chi connectivity index (χ3n) is 5.51. The molecule has 0 radical (unpaired) electrons. The second-order valence-corrected chi connectivity index (χ2v) is 7.97. The zero-order valence-corrected chi connectivity index (χ0v) is 17.5. The third kappa shape index (κ3) is 4.16. The first kappa shape index (κ1) is 21.4. The Hall–Kier alpha value is -2.88. The zero-order valence-electron chi connectivity index (χ0n) is 17.5. The van der Waals surface area contributed by atoms with Crippen molar-refractivity contribution in [2.45, 2.75) is 45.0 Å². The molecule has 9 heteroatoms. The number of benzene rings is 1. The molecule has 0 saturated carbocycles. The van der Waals surface area contributed by atoms with Crippen LogP contribution in [-0.4, -0.2) is 45.0 Å². The van der Waals surface area contributed by atoms with Crippen molar-refractivity contribution in [2.24, 2.45) is 5.73 Å². The molecule has 1 aliphatic heterocycles. The van der Waals surface area contributed by atoms with Gasteiger partial charge in [0.05, 0.1) is 30.5 Å². The number of hydrogen-bond donors (Lipinski definition) is 3. The highest BCUT2D eigenvalue weighted by atomic mass is 19.1. The van der Waals surface area contributed by atoms with E-state index < -0.39 is 11.9 Å². The predicted molar refractivity (Wildman–Crippen MR) is 116 cm³/mol. The molecule has 0 unspecified atom stereocenters. The third-order valence-corrected chi connectivity index (χ3v) is 5.51. The van der Waals surface area contributed by atoms with Gasteiger partial charge in [-0.2, -0.15) is 0 Å². The number of aliphatic hydroxyl groups is 1. The lowest BCUT2D eigenvalue weighted by Crippen LogP contribution is -2.42. The van der Waals surface area contributed by atoms with Crippen LogP contribution < -0.4 is 16.5 Å². The van der Waals surface area contributed by atoms with Crippen LogP contribution >= 0.6 is 0 Å². The van der Waals surface area contributed by atoms with Crippen LogP contribution in [-0.2, 0) is 11.3 Å². The van der Waals surface area contributed by atoms with E-state index in [2.05, 4.69) is 15.3 Å². The Labute approximate surface area is 178 Å². The molecule has 0 amide bonds. The van der Waals surface area contributed by atoms with Crippen LogP contribution in [0.4, 0.5) is 10.3 Å². The number of nitrogens with zero attached hydrogens (tertiary/aromatic N) is 3. The molecule has 3 heterocycles. The van der Waals surface area contributed by atoms with Gasteiger partial charge in [0.2, 0.25) is 5.95 Å². The Morgan fingerprint density at radius 1 is 1.39 bits per heavy atom. The zero-order chi connectivity index (χ0) is 22.1. The van der Waals surface area contributed by atoms with Crippen molar-refractivity contribution < 1.29 is 14.2 Å². The van der Waals surface area contributed by atoms with E-state index in [1.54, 1.807) is 24.3 Å². The van der Waals surface area contributed by atoms with E-state index in [1.165, 1.54) is 0 Å². The van der Waals surface area contributed by atoms with Gasteiger partial charge in [0.1, 0.15) is 5.69 Å². The Morgan fingerprint density at radius 2 is 2.19 bits per heavy atom. The molecule has 4 rings (SSSR count). The Morgan fingerprint density at radius 3 is 2.90 bits per heavy atom. The maximum Gasteiger partial charge on any atom is 0.223 e. The number of anilines is 1. The number of nitrogens with two attached hydrogens (primary N) is 1. The quantitative estimate of drug-likeness (QED) is 0.572. The summed E-state index contributed by atoms with van der Waals surface area (Å²) in [6.45, 7) is 4.97. The summed E-state index contributed by atoms with van der Waals surface area (Å²) in [5.74, 6) is -0.356. The van der Waals surface area contributed by atoms with Crippen LogP contribution in [0.3, 0.4) is 0 Å². The number of ether oxygens (including phenoxy) is 1. The van der Waals surface area contributed by atoms with Gasteiger partial charge in [0.15, 0.2) is 11.2 Å². The van der Waals surface area contributed by atoms with Crippen molar-refractivity contribution >= 4 is 16.9 Å². The molecular formula is C22H26FN5O3. The van der Waals surface area contributed by atoms with Crippen molar-refractivity contribution in [1.29, 1.82) is 0 Å². The van der Waals surface area contributed by atoms with Crippen molar-refractivity contribution in [3.63, 3.8) is 0 Å². The SMILES string of the molecule is CC(C)n1c(CN)cc(=O)c2ccc(-c3nc(N[C@@H]4CCOC[C@H]4O)ncc3F)cc21. The molecule has 0 spiro atoms. The first-order valence-corrected chi connectivity index (χ1v) is 10.3. The van der Waals surface area contributed by atoms with E-state index in [9.17, 15) is 14.3 Å². The molecule has 1 aromatic carbocycles. The van der Waals surface area contributed by atoms with Gasteiger partial charge in [0.25, 0.3) is 0 Å². The number of rotatable bonds is 5. The molecule has 1 fully saturated rings. The molecule has 3 aromatic rings. The second-order valence-electron chi connectivity index (χ2n) is 7.97. The normalized spacial score (nSPS) is 19.2. The van der Waals surface area contributed by atoms with Gasteiger partial charge < -0.3 is 25.5 Å². The molecule has 164 valence electrons. The van der Waals surface area contributed by atoms with Crippen molar-refractivity contribution in [3.05, 3.63) is 52.2 Å². The highest BCUT2D eigenvalue weighted by Crippen LogP contribution is 2.27. The van der Waals surface area contributed by atoms with Crippen LogP contribution in [0.25, 0.3) is 22.2 Å². The average Bonchev–Trinajstić information content (AvgIpc) is 2.75. The summed E-state index contributed by atoms with van der Waals surface area (Å²) in [7, 11) is 0. The Kier molecular flexibility index (Phi) is 5.99. The molecule has 2 atom stereocenters. The van der Waals surface area contributed by atoms with Gasteiger partial charge in [-0.15, -0.1) is 0 Å². The summed E-state index contributed by atoms with van der Waals surface area (Å²) in [4.78, 5) is 20.9. The van der Waals surface area contributed by atoms with E-state index >= 15 is 0 Å². The Balaban J connectivity index is 1.79. The summed E-state index contributed by atoms with van der Waals surface area (Å²) in [6.07, 6.45) is 1.00. The fourth-order valence-corrected chi connectivity index (χ4v) is 4.00. The lowest BCUT2D eigenvalue weighted by atomic mass is 10.1. The molecule has 0 bridgehead atoms. The van der Waals surface area contributed by atoms with Gasteiger partial charge in [-0.05, 0) is 32.4 Å². The summed E-state index contributed by atoms with van der Waals surface area (Å²) >= 11 is 0. The second kappa shape index (κ2) is 8.70. The fraction of sp³-hybridized carbons (Fsp3) is 0.409. The van der Waals surface area contributed by atoms with E-state index in [0.29, 0.717) is 35.2 Å². The minimum atomic E-state index is -0.693. The highest BCUT2D eigenvalue weighted by molar-refractivity contribution is 5.84. The summed E-state index contributed by atoms with van der Waals surface area (Å²) < 4.78 is 21.9. The summed E-state index contributed by atoms with van der Waals surface area (Å²) in [6, 6.07) is 6.45. The molecule has 8 nitrogen and oxygen atoms in total. The van der Waals surface area contributed by atoms with Crippen LogP contribution in [0, 0.1) is 5.82 Å². The average molecular weight is 427 g/mol. The molecule has 31 heavy (non-hydrogen) atoms. The van der Waals surface area contributed by atoms with Gasteiger partial charge in [-0.25, -0.2) is 14.4 Å². The maximum atomic E-state index is 14.7. The maximum absolute atomic E-state index is 14.7. The highest BCUT2D eigenvalue weighted by Gasteiger charge is 2.24. The number of aliphatic hydroxyl groups excluding tert-OH is 1. The Bertz CT molecular complexity index is 1160. The molecular weight excluding hydrogens is 401 g/mol. The van der Waals surface area contributed by atoms with E-state index in [-0.39, 0.29) is 42.3 Å². The smallest absolute Gasteiger partial charge is 0.223 e. The molecule has 4 N–H and O–H groups in total. The standard InChI is InChI=1S/C22H26FN5O3/c1-12(2)28-14(9-24)8-19(29)15-4-3-13(7-18(15)28)21-16(23)10-25-22(27-21)26-17-5-6-31-11-20(17)30/h3-4,7-8,10,12,17,20,30H,5-6,9,11,24H2,1-2H3,(H,25,26,27)/t17-,20-/m1/s1. The molecule has 1 saturated heterocycles. The summed E-state index contributed by atoms with van der Waals surface area (Å²) in [5, 5.41) is 13.7. The van der Waals surface area contributed by atoms with Crippen LogP contribution in [0.1, 0.15) is 32.0 Å². The number of nitrogens with one attached hydrogen (secondary N) is 1. The molecule has 1 aliphatic rings. The van der Waals surface area contributed by atoms with Crippen molar-refractivity contribution in [1.82, 2.24) is 14.5 Å². The van der Waals surface area contributed by atoms with E-state index in [0.717, 1.165) is 6.20 Å². The number of halogens is 1. The van der Waals surface area contributed by atoms with Crippen LogP contribution in [0.2, 0.25) is 0 Å². The number of aromatic nitrogens is 3. The number of fused-ring (bicyclic) bond motifs is 1. The lowest BCUT2D eigenvalue weighted by Gasteiger charge is -2.28. The van der Waals surface area contributed by atoms with Gasteiger partial charge >= 0.3 is 0 Å². The van der Waals surface area contributed by atoms with E-state index in [1.807, 2.05) is 18.4 Å². The minimum absolute atomic E-state index is 0.0550. The largest absolute Gasteiger partial charge is 0.389 e. The molecule has 2 aromatic heterocycles. The fourth-order valence-electron chi connectivity index (χ4n) is 4.00.